The Morgan fingerprint density at radius 3 is 2.67 bits per heavy atom. The number of hydrogen-bond acceptors (Lipinski definition) is 2. The van der Waals surface area contributed by atoms with E-state index < -0.39 is 0 Å². The number of amides is 1. The van der Waals surface area contributed by atoms with E-state index >= 15 is 0 Å². The molecule has 1 amide bonds. The molecule has 0 aliphatic heterocycles. The quantitative estimate of drug-likeness (QED) is 0.846. The first-order chi connectivity index (χ1) is 9.95. The Morgan fingerprint density at radius 2 is 2.10 bits per heavy atom. The molecule has 1 N–H and O–H groups in total. The van der Waals surface area contributed by atoms with Crippen molar-refractivity contribution in [3.05, 3.63) is 34.9 Å². The minimum Gasteiger partial charge on any atom is -0.395 e. The summed E-state index contributed by atoms with van der Waals surface area (Å²) in [6, 6.07) is 5.59. The van der Waals surface area contributed by atoms with Crippen molar-refractivity contribution in [2.75, 3.05) is 20.2 Å². The molecule has 0 bridgehead atoms. The third-order valence-corrected chi connectivity index (χ3v) is 3.32. The van der Waals surface area contributed by atoms with E-state index in [0.717, 1.165) is 24.1 Å². The predicted molar refractivity (Wildman–Crippen MR) is 86.2 cm³/mol. The van der Waals surface area contributed by atoms with E-state index in [-0.39, 0.29) is 12.5 Å². The fourth-order valence-corrected chi connectivity index (χ4v) is 1.92. The van der Waals surface area contributed by atoms with Gasteiger partial charge in [0, 0.05) is 31.1 Å². The van der Waals surface area contributed by atoms with Crippen molar-refractivity contribution in [3.63, 3.8) is 0 Å². The molecule has 0 radical (unpaired) electrons. The van der Waals surface area contributed by atoms with Crippen LogP contribution in [0.15, 0.2) is 18.2 Å². The molecule has 0 aromatic heterocycles. The zero-order valence-electron chi connectivity index (χ0n) is 13.4. The number of aliphatic hydroxyl groups is 1. The van der Waals surface area contributed by atoms with Gasteiger partial charge in [-0.25, -0.2) is 0 Å². The van der Waals surface area contributed by atoms with E-state index in [1.807, 2.05) is 32.2 Å². The standard InChI is InChI=1S/C18H25NO2/c1-14(2)10-11-19(4)18(21)17-9-8-16(15(3)13-17)7-5-6-12-20/h8-9,13-14,20H,6,10-12H2,1-4H3. The van der Waals surface area contributed by atoms with Gasteiger partial charge in [0.25, 0.3) is 5.91 Å². The summed E-state index contributed by atoms with van der Waals surface area (Å²) in [5.41, 5.74) is 2.60. The van der Waals surface area contributed by atoms with E-state index in [4.69, 9.17) is 5.11 Å². The van der Waals surface area contributed by atoms with Gasteiger partial charge in [-0.05, 0) is 43.0 Å². The Labute approximate surface area is 128 Å². The largest absolute Gasteiger partial charge is 0.395 e. The molecule has 3 nitrogen and oxygen atoms in total. The van der Waals surface area contributed by atoms with E-state index in [0.29, 0.717) is 17.9 Å². The van der Waals surface area contributed by atoms with Gasteiger partial charge < -0.3 is 10.0 Å². The molecule has 0 fully saturated rings. The second-order valence-corrected chi connectivity index (χ2v) is 5.71. The molecule has 114 valence electrons. The second-order valence-electron chi connectivity index (χ2n) is 5.71. The molecule has 3 heteroatoms. The van der Waals surface area contributed by atoms with Crippen LogP contribution in [-0.4, -0.2) is 36.1 Å². The van der Waals surface area contributed by atoms with Crippen molar-refractivity contribution in [1.29, 1.82) is 0 Å². The van der Waals surface area contributed by atoms with Crippen LogP contribution >= 0.6 is 0 Å². The van der Waals surface area contributed by atoms with Gasteiger partial charge in [0.15, 0.2) is 0 Å². The maximum Gasteiger partial charge on any atom is 0.253 e. The number of carbonyl (C=O) groups is 1. The number of benzene rings is 1. The van der Waals surface area contributed by atoms with Crippen molar-refractivity contribution in [3.8, 4) is 11.8 Å². The minimum atomic E-state index is 0.0496. The lowest BCUT2D eigenvalue weighted by molar-refractivity contribution is 0.0789. The topological polar surface area (TPSA) is 40.5 Å². The second kappa shape index (κ2) is 8.49. The summed E-state index contributed by atoms with van der Waals surface area (Å²) in [5, 5.41) is 8.73. The highest BCUT2D eigenvalue weighted by molar-refractivity contribution is 5.94. The van der Waals surface area contributed by atoms with Gasteiger partial charge in [0.2, 0.25) is 0 Å². The number of aryl methyl sites for hydroxylation is 1. The Kier molecular flexibility index (Phi) is 6.98. The van der Waals surface area contributed by atoms with Gasteiger partial charge in [-0.1, -0.05) is 25.7 Å². The molecular weight excluding hydrogens is 262 g/mol. The summed E-state index contributed by atoms with van der Waals surface area (Å²) in [6.45, 7) is 7.11. The smallest absolute Gasteiger partial charge is 0.253 e. The molecule has 1 rings (SSSR count). The maximum absolute atomic E-state index is 12.3. The molecule has 0 heterocycles. The summed E-state index contributed by atoms with van der Waals surface area (Å²) in [4.78, 5) is 14.1. The monoisotopic (exact) mass is 287 g/mol. The number of carbonyl (C=O) groups excluding carboxylic acids is 1. The SMILES string of the molecule is Cc1cc(C(=O)N(C)CCC(C)C)ccc1C#CCCO. The van der Waals surface area contributed by atoms with Crippen LogP contribution in [-0.2, 0) is 0 Å². The highest BCUT2D eigenvalue weighted by Gasteiger charge is 2.12. The van der Waals surface area contributed by atoms with Gasteiger partial charge in [-0.15, -0.1) is 0 Å². The van der Waals surface area contributed by atoms with Crippen LogP contribution in [0.25, 0.3) is 0 Å². The Morgan fingerprint density at radius 1 is 1.38 bits per heavy atom. The number of rotatable bonds is 5. The Bertz CT molecular complexity index is 538. The van der Waals surface area contributed by atoms with E-state index in [1.165, 1.54) is 0 Å². The lowest BCUT2D eigenvalue weighted by atomic mass is 10.0. The minimum absolute atomic E-state index is 0.0496. The third-order valence-electron chi connectivity index (χ3n) is 3.32. The lowest BCUT2D eigenvalue weighted by Gasteiger charge is -2.18. The van der Waals surface area contributed by atoms with Crippen LogP contribution in [0.2, 0.25) is 0 Å². The predicted octanol–water partition coefficient (Wildman–Crippen LogP) is 2.85. The lowest BCUT2D eigenvalue weighted by Crippen LogP contribution is -2.28. The molecule has 0 saturated carbocycles. The molecule has 0 unspecified atom stereocenters. The van der Waals surface area contributed by atoms with Crippen LogP contribution in [0.3, 0.4) is 0 Å². The van der Waals surface area contributed by atoms with Crippen molar-refractivity contribution in [2.24, 2.45) is 5.92 Å². The fraction of sp³-hybridized carbons (Fsp3) is 0.500. The Hall–Kier alpha value is -1.79. The van der Waals surface area contributed by atoms with Crippen LogP contribution in [0.5, 0.6) is 0 Å². The van der Waals surface area contributed by atoms with Crippen LogP contribution < -0.4 is 0 Å². The zero-order valence-corrected chi connectivity index (χ0v) is 13.4. The Balaban J connectivity index is 2.79. The summed E-state index contributed by atoms with van der Waals surface area (Å²) in [5.74, 6) is 6.55. The van der Waals surface area contributed by atoms with Gasteiger partial charge in [-0.3, -0.25) is 4.79 Å². The first kappa shape index (κ1) is 17.3. The van der Waals surface area contributed by atoms with Gasteiger partial charge in [0.05, 0.1) is 6.61 Å². The molecule has 0 aliphatic rings. The van der Waals surface area contributed by atoms with E-state index in [1.54, 1.807) is 4.90 Å². The van der Waals surface area contributed by atoms with Gasteiger partial charge in [0.1, 0.15) is 0 Å². The average molecular weight is 287 g/mol. The summed E-state index contributed by atoms with van der Waals surface area (Å²) in [7, 11) is 1.84. The number of nitrogens with zero attached hydrogens (tertiary/aromatic N) is 1. The first-order valence-electron chi connectivity index (χ1n) is 7.41. The first-order valence-corrected chi connectivity index (χ1v) is 7.41. The van der Waals surface area contributed by atoms with E-state index in [9.17, 15) is 4.79 Å². The van der Waals surface area contributed by atoms with Gasteiger partial charge in [-0.2, -0.15) is 0 Å². The van der Waals surface area contributed by atoms with E-state index in [2.05, 4.69) is 25.7 Å². The maximum atomic E-state index is 12.3. The molecule has 0 spiro atoms. The fourth-order valence-electron chi connectivity index (χ4n) is 1.92. The van der Waals surface area contributed by atoms with Crippen molar-refractivity contribution < 1.29 is 9.90 Å². The molecular formula is C18H25NO2. The number of hydrogen-bond donors (Lipinski definition) is 1. The van der Waals surface area contributed by atoms with Crippen molar-refractivity contribution >= 4 is 5.91 Å². The van der Waals surface area contributed by atoms with Crippen LogP contribution in [0.4, 0.5) is 0 Å². The molecule has 21 heavy (non-hydrogen) atoms. The molecule has 0 atom stereocenters. The van der Waals surface area contributed by atoms with Crippen LogP contribution in [0, 0.1) is 24.7 Å². The summed E-state index contributed by atoms with van der Waals surface area (Å²) >= 11 is 0. The van der Waals surface area contributed by atoms with Crippen LogP contribution in [0.1, 0.15) is 48.2 Å². The highest BCUT2D eigenvalue weighted by Crippen LogP contribution is 2.13. The molecule has 1 aromatic carbocycles. The van der Waals surface area contributed by atoms with Crippen molar-refractivity contribution in [1.82, 2.24) is 4.90 Å². The third kappa shape index (κ3) is 5.61. The normalized spacial score (nSPS) is 10.2. The zero-order chi connectivity index (χ0) is 15.8. The number of aliphatic hydroxyl groups excluding tert-OH is 1. The summed E-state index contributed by atoms with van der Waals surface area (Å²) in [6.07, 6.45) is 1.48. The molecule has 0 saturated heterocycles. The van der Waals surface area contributed by atoms with Crippen molar-refractivity contribution in [2.45, 2.75) is 33.6 Å². The molecule has 1 aromatic rings. The average Bonchev–Trinajstić information content (AvgIpc) is 2.45. The highest BCUT2D eigenvalue weighted by atomic mass is 16.2. The molecule has 0 aliphatic carbocycles. The summed E-state index contributed by atoms with van der Waals surface area (Å²) < 4.78 is 0. The van der Waals surface area contributed by atoms with Gasteiger partial charge >= 0.3 is 0 Å².